The van der Waals surface area contributed by atoms with Gasteiger partial charge in [0.25, 0.3) is 0 Å². The van der Waals surface area contributed by atoms with E-state index in [1.165, 1.54) is 5.56 Å². The maximum atomic E-state index is 7.00. The van der Waals surface area contributed by atoms with E-state index in [-0.39, 0.29) is 34.0 Å². The fourth-order valence-corrected chi connectivity index (χ4v) is 6.64. The smallest absolute Gasteiger partial charge is 0.192 e. The molecule has 6 heteroatoms. The molecule has 0 radical (unpaired) electrons. The summed E-state index contributed by atoms with van der Waals surface area (Å²) in [6.45, 7) is 24.5. The molecule has 2 aliphatic rings. The van der Waals surface area contributed by atoms with E-state index in [0.29, 0.717) is 6.61 Å². The van der Waals surface area contributed by atoms with Crippen molar-refractivity contribution >= 4 is 16.6 Å². The average Bonchev–Trinajstić information content (AvgIpc) is 3.44. The van der Waals surface area contributed by atoms with Crippen molar-refractivity contribution in [2.75, 3.05) is 6.61 Å². The average molecular weight is 479 g/mol. The zero-order valence-electron chi connectivity index (χ0n) is 22.1. The van der Waals surface area contributed by atoms with Crippen LogP contribution in [0.15, 0.2) is 30.3 Å². The van der Waals surface area contributed by atoms with Crippen LogP contribution in [0.25, 0.3) is 0 Å². The monoisotopic (exact) mass is 478 g/mol. The van der Waals surface area contributed by atoms with Crippen LogP contribution in [0.5, 0.6) is 0 Å². The zero-order valence-corrected chi connectivity index (χ0v) is 24.1. The van der Waals surface area contributed by atoms with Gasteiger partial charge >= 0.3 is 0 Å². The number of benzene rings is 1. The Kier molecular flexibility index (Phi) is 7.29. The standard InChI is InChI=1S/C26H46O4Si2/c1-24(2,3)31(7,8)29-22-16-21(27-18-20-14-12-11-13-15-20)17-23(26(22)19-28-26)30-32(9,10)25(4,5)6/h11-15,21-23H,16-19H2,1-10H3/t21?,22-,23-,26?/m1/s1. The normalized spacial score (nSPS) is 29.4. The Morgan fingerprint density at radius 2 is 1.28 bits per heavy atom. The van der Waals surface area contributed by atoms with Gasteiger partial charge in [0, 0.05) is 12.8 Å². The molecule has 1 saturated carbocycles. The minimum Gasteiger partial charge on any atom is -0.411 e. The van der Waals surface area contributed by atoms with Crippen molar-refractivity contribution in [3.05, 3.63) is 35.9 Å². The molecule has 1 aromatic rings. The minimum atomic E-state index is -1.96. The number of rotatable bonds is 7. The van der Waals surface area contributed by atoms with Crippen molar-refractivity contribution in [1.82, 2.24) is 0 Å². The van der Waals surface area contributed by atoms with E-state index >= 15 is 0 Å². The maximum Gasteiger partial charge on any atom is 0.192 e. The summed E-state index contributed by atoms with van der Waals surface area (Å²) in [5.74, 6) is 0. The first-order valence-electron chi connectivity index (χ1n) is 12.2. The highest BCUT2D eigenvalue weighted by Gasteiger charge is 2.64. The fourth-order valence-electron chi connectivity index (χ4n) is 3.92. The van der Waals surface area contributed by atoms with Crippen molar-refractivity contribution < 1.29 is 18.3 Å². The van der Waals surface area contributed by atoms with Gasteiger partial charge in [0.05, 0.1) is 31.5 Å². The summed E-state index contributed by atoms with van der Waals surface area (Å²) in [5, 5.41) is 0.299. The lowest BCUT2D eigenvalue weighted by Gasteiger charge is -2.49. The molecule has 1 spiro atoms. The molecule has 3 rings (SSSR count). The molecule has 0 N–H and O–H groups in total. The van der Waals surface area contributed by atoms with Crippen LogP contribution in [-0.2, 0) is 24.9 Å². The molecular weight excluding hydrogens is 432 g/mol. The van der Waals surface area contributed by atoms with Crippen molar-refractivity contribution in [2.24, 2.45) is 0 Å². The van der Waals surface area contributed by atoms with Gasteiger partial charge < -0.3 is 18.3 Å². The lowest BCUT2D eigenvalue weighted by molar-refractivity contribution is -0.101. The third-order valence-corrected chi connectivity index (χ3v) is 17.3. The van der Waals surface area contributed by atoms with Gasteiger partial charge in [-0.05, 0) is 41.8 Å². The summed E-state index contributed by atoms with van der Waals surface area (Å²) in [4.78, 5) is 0. The van der Waals surface area contributed by atoms with Gasteiger partial charge in [0.2, 0.25) is 0 Å². The predicted molar refractivity (Wildman–Crippen MR) is 137 cm³/mol. The SMILES string of the molecule is CC(C)(C)[Si](C)(C)O[C@@H]1CC(OCc2ccccc2)C[C@@H](O[Si](C)(C)C(C)(C)C)C12CO2. The van der Waals surface area contributed by atoms with E-state index in [1.54, 1.807) is 0 Å². The van der Waals surface area contributed by atoms with Crippen LogP contribution in [0.4, 0.5) is 0 Å². The van der Waals surface area contributed by atoms with E-state index in [0.717, 1.165) is 19.4 Å². The first-order valence-corrected chi connectivity index (χ1v) is 18.0. The van der Waals surface area contributed by atoms with E-state index in [9.17, 15) is 0 Å². The zero-order chi connectivity index (χ0) is 24.0. The molecule has 1 heterocycles. The fraction of sp³-hybridized carbons (Fsp3) is 0.769. The van der Waals surface area contributed by atoms with Crippen molar-refractivity contribution in [2.45, 2.75) is 121 Å². The maximum absolute atomic E-state index is 7.00. The van der Waals surface area contributed by atoms with E-state index in [1.807, 2.05) is 6.07 Å². The summed E-state index contributed by atoms with van der Waals surface area (Å²) in [6.07, 6.45) is 1.89. The topological polar surface area (TPSA) is 40.2 Å². The van der Waals surface area contributed by atoms with Gasteiger partial charge in [-0.15, -0.1) is 0 Å². The molecule has 182 valence electrons. The number of hydrogen-bond donors (Lipinski definition) is 0. The van der Waals surface area contributed by atoms with Gasteiger partial charge in [0.1, 0.15) is 5.60 Å². The summed E-state index contributed by atoms with van der Waals surface area (Å²) < 4.78 is 26.7. The Labute approximate surface area is 198 Å². The Morgan fingerprint density at radius 3 is 1.66 bits per heavy atom. The van der Waals surface area contributed by atoms with Gasteiger partial charge in [0.15, 0.2) is 16.6 Å². The van der Waals surface area contributed by atoms with Crippen LogP contribution in [0, 0.1) is 0 Å². The number of ether oxygens (including phenoxy) is 2. The Bertz CT molecular complexity index is 720. The molecule has 1 saturated heterocycles. The molecule has 1 aliphatic heterocycles. The molecule has 0 bridgehead atoms. The highest BCUT2D eigenvalue weighted by atomic mass is 28.4. The lowest BCUT2D eigenvalue weighted by atomic mass is 9.82. The Hall–Kier alpha value is -0.506. The Balaban J connectivity index is 1.83. The molecule has 0 aromatic heterocycles. The predicted octanol–water partition coefficient (Wildman–Crippen LogP) is 6.92. The number of epoxide rings is 1. The van der Waals surface area contributed by atoms with Crippen LogP contribution < -0.4 is 0 Å². The van der Waals surface area contributed by atoms with Crippen LogP contribution in [0.3, 0.4) is 0 Å². The second-order valence-corrected chi connectivity index (χ2v) is 22.4. The molecule has 0 unspecified atom stereocenters. The summed E-state index contributed by atoms with van der Waals surface area (Å²) in [5.41, 5.74) is 0.900. The molecule has 1 aliphatic carbocycles. The van der Waals surface area contributed by atoms with Crippen molar-refractivity contribution in [1.29, 1.82) is 0 Å². The lowest BCUT2D eigenvalue weighted by Crippen LogP contribution is -2.59. The molecule has 2 fully saturated rings. The summed E-state index contributed by atoms with van der Waals surface area (Å²) >= 11 is 0. The van der Waals surface area contributed by atoms with Crippen LogP contribution in [0.1, 0.15) is 59.9 Å². The second kappa shape index (κ2) is 8.93. The largest absolute Gasteiger partial charge is 0.411 e. The van der Waals surface area contributed by atoms with Gasteiger partial charge in [-0.25, -0.2) is 0 Å². The van der Waals surface area contributed by atoms with Gasteiger partial charge in [-0.2, -0.15) is 0 Å². The van der Waals surface area contributed by atoms with Crippen molar-refractivity contribution in [3.63, 3.8) is 0 Å². The van der Waals surface area contributed by atoms with E-state index < -0.39 is 16.6 Å². The molecule has 4 nitrogen and oxygen atoms in total. The quantitative estimate of drug-likeness (QED) is 0.315. The molecule has 1 aromatic carbocycles. The minimum absolute atomic E-state index is 0.0210. The molecular formula is C26H46O4Si2. The van der Waals surface area contributed by atoms with Crippen LogP contribution in [0.2, 0.25) is 36.3 Å². The second-order valence-electron chi connectivity index (χ2n) is 12.9. The summed E-state index contributed by atoms with van der Waals surface area (Å²) in [7, 11) is -3.92. The highest BCUT2D eigenvalue weighted by Crippen LogP contribution is 2.51. The Morgan fingerprint density at radius 1 is 0.844 bits per heavy atom. The molecule has 2 atom stereocenters. The first-order chi connectivity index (χ1) is 14.6. The van der Waals surface area contributed by atoms with Crippen LogP contribution >= 0.6 is 0 Å². The third-order valence-electron chi connectivity index (χ3n) is 8.34. The van der Waals surface area contributed by atoms with E-state index in [4.69, 9.17) is 18.3 Å². The third kappa shape index (κ3) is 5.58. The van der Waals surface area contributed by atoms with Crippen molar-refractivity contribution in [3.8, 4) is 0 Å². The highest BCUT2D eigenvalue weighted by molar-refractivity contribution is 6.74. The van der Waals surface area contributed by atoms with Gasteiger partial charge in [-0.1, -0.05) is 71.9 Å². The first kappa shape index (κ1) is 26.1. The van der Waals surface area contributed by atoms with Gasteiger partial charge in [-0.3, -0.25) is 0 Å². The molecule has 32 heavy (non-hydrogen) atoms. The van der Waals surface area contributed by atoms with Crippen LogP contribution in [-0.4, -0.2) is 47.2 Å². The van der Waals surface area contributed by atoms with E-state index in [2.05, 4.69) is 92.0 Å². The molecule has 0 amide bonds. The number of hydrogen-bond acceptors (Lipinski definition) is 4. The summed E-state index contributed by atoms with van der Waals surface area (Å²) in [6, 6.07) is 10.4.